The highest BCUT2D eigenvalue weighted by Crippen LogP contribution is 2.06. The highest BCUT2D eigenvalue weighted by Gasteiger charge is 2.02. The number of rotatable bonds is 4. The fourth-order valence-electron chi connectivity index (χ4n) is 1.13. The number of hydrogen-bond acceptors (Lipinski definition) is 3. The minimum absolute atomic E-state index is 0.0572. The van der Waals surface area contributed by atoms with Crippen molar-refractivity contribution in [3.05, 3.63) is 35.4 Å². The molecule has 1 aromatic rings. The Morgan fingerprint density at radius 1 is 1.50 bits per heavy atom. The van der Waals surface area contributed by atoms with Gasteiger partial charge < -0.3 is 10.4 Å². The number of aliphatic hydroxyl groups is 1. The molecule has 0 aliphatic carbocycles. The summed E-state index contributed by atoms with van der Waals surface area (Å²) in [5.41, 5.74) is 1.65. The van der Waals surface area contributed by atoms with Crippen LogP contribution in [-0.4, -0.2) is 17.8 Å². The van der Waals surface area contributed by atoms with Crippen molar-refractivity contribution in [2.24, 2.45) is 0 Å². The van der Waals surface area contributed by atoms with Crippen molar-refractivity contribution in [1.29, 1.82) is 5.26 Å². The first-order valence-electron chi connectivity index (χ1n) is 4.60. The zero-order valence-electron chi connectivity index (χ0n) is 8.20. The molecule has 0 amide bonds. The summed E-state index contributed by atoms with van der Waals surface area (Å²) in [7, 11) is 0. The van der Waals surface area contributed by atoms with Gasteiger partial charge in [-0.1, -0.05) is 18.2 Å². The zero-order valence-corrected chi connectivity index (χ0v) is 8.20. The molecule has 0 saturated heterocycles. The second-order valence-electron chi connectivity index (χ2n) is 3.23. The summed E-state index contributed by atoms with van der Waals surface area (Å²) in [6.07, 6.45) is 0. The third-order valence-electron chi connectivity index (χ3n) is 2.05. The zero-order chi connectivity index (χ0) is 10.4. The minimum Gasteiger partial charge on any atom is -0.395 e. The van der Waals surface area contributed by atoms with Crippen LogP contribution in [-0.2, 0) is 6.54 Å². The van der Waals surface area contributed by atoms with Gasteiger partial charge in [0, 0.05) is 12.6 Å². The molecule has 0 spiro atoms. The van der Waals surface area contributed by atoms with Crippen LogP contribution in [0.5, 0.6) is 0 Å². The molecule has 0 heterocycles. The first kappa shape index (κ1) is 10.7. The average molecular weight is 190 g/mol. The van der Waals surface area contributed by atoms with E-state index in [1.807, 2.05) is 25.1 Å². The fraction of sp³-hybridized carbons (Fsp3) is 0.364. The van der Waals surface area contributed by atoms with Gasteiger partial charge in [-0.2, -0.15) is 5.26 Å². The van der Waals surface area contributed by atoms with Gasteiger partial charge in [0.25, 0.3) is 0 Å². The van der Waals surface area contributed by atoms with Crippen molar-refractivity contribution in [2.75, 3.05) is 6.61 Å². The van der Waals surface area contributed by atoms with Gasteiger partial charge in [-0.25, -0.2) is 0 Å². The van der Waals surface area contributed by atoms with E-state index in [0.717, 1.165) is 5.56 Å². The van der Waals surface area contributed by atoms with Crippen molar-refractivity contribution in [1.82, 2.24) is 5.32 Å². The maximum absolute atomic E-state index is 8.81. The summed E-state index contributed by atoms with van der Waals surface area (Å²) in [4.78, 5) is 0. The van der Waals surface area contributed by atoms with E-state index in [0.29, 0.717) is 12.1 Å². The summed E-state index contributed by atoms with van der Waals surface area (Å²) < 4.78 is 0. The molecule has 0 saturated carbocycles. The SMILES string of the molecule is C[C@@H](CO)NCc1ccccc1C#N. The summed E-state index contributed by atoms with van der Waals surface area (Å²) in [6, 6.07) is 9.65. The average Bonchev–Trinajstić information content (AvgIpc) is 2.26. The Balaban J connectivity index is 2.63. The Morgan fingerprint density at radius 2 is 2.21 bits per heavy atom. The molecule has 14 heavy (non-hydrogen) atoms. The Bertz CT molecular complexity index is 330. The topological polar surface area (TPSA) is 56.0 Å². The Morgan fingerprint density at radius 3 is 2.86 bits per heavy atom. The van der Waals surface area contributed by atoms with E-state index in [-0.39, 0.29) is 12.6 Å². The maximum Gasteiger partial charge on any atom is 0.0995 e. The van der Waals surface area contributed by atoms with Crippen molar-refractivity contribution in [3.8, 4) is 6.07 Å². The molecular weight excluding hydrogens is 176 g/mol. The number of nitriles is 1. The molecule has 1 rings (SSSR count). The van der Waals surface area contributed by atoms with Crippen LogP contribution < -0.4 is 5.32 Å². The normalized spacial score (nSPS) is 12.1. The molecule has 1 atom stereocenters. The van der Waals surface area contributed by atoms with E-state index in [4.69, 9.17) is 10.4 Å². The van der Waals surface area contributed by atoms with Gasteiger partial charge >= 0.3 is 0 Å². The van der Waals surface area contributed by atoms with Gasteiger partial charge in [0.15, 0.2) is 0 Å². The lowest BCUT2D eigenvalue weighted by Gasteiger charge is -2.11. The van der Waals surface area contributed by atoms with Crippen molar-refractivity contribution in [2.45, 2.75) is 19.5 Å². The van der Waals surface area contributed by atoms with E-state index in [2.05, 4.69) is 11.4 Å². The predicted octanol–water partition coefficient (Wildman–Crippen LogP) is 1.03. The van der Waals surface area contributed by atoms with E-state index in [1.165, 1.54) is 0 Å². The molecule has 1 aromatic carbocycles. The monoisotopic (exact) mass is 190 g/mol. The van der Waals surface area contributed by atoms with Gasteiger partial charge in [-0.05, 0) is 18.6 Å². The van der Waals surface area contributed by atoms with Gasteiger partial charge in [-0.3, -0.25) is 0 Å². The van der Waals surface area contributed by atoms with Gasteiger partial charge in [0.2, 0.25) is 0 Å². The number of aliphatic hydroxyl groups excluding tert-OH is 1. The first-order valence-corrected chi connectivity index (χ1v) is 4.60. The maximum atomic E-state index is 8.81. The Labute approximate surface area is 84.0 Å². The standard InChI is InChI=1S/C11H14N2O/c1-9(8-14)13-7-11-5-3-2-4-10(11)6-12/h2-5,9,13-14H,7-8H2,1H3/t9-/m0/s1. The summed E-state index contributed by atoms with van der Waals surface area (Å²) >= 11 is 0. The lowest BCUT2D eigenvalue weighted by Crippen LogP contribution is -2.28. The first-order chi connectivity index (χ1) is 6.77. The lowest BCUT2D eigenvalue weighted by atomic mass is 10.1. The van der Waals surface area contributed by atoms with Crippen LogP contribution in [0.1, 0.15) is 18.1 Å². The predicted molar refractivity (Wildman–Crippen MR) is 54.5 cm³/mol. The molecule has 0 aliphatic rings. The fourth-order valence-corrected chi connectivity index (χ4v) is 1.13. The number of nitrogens with zero attached hydrogens (tertiary/aromatic N) is 1. The molecule has 0 bridgehead atoms. The van der Waals surface area contributed by atoms with Gasteiger partial charge in [-0.15, -0.1) is 0 Å². The van der Waals surface area contributed by atoms with Crippen molar-refractivity contribution >= 4 is 0 Å². The Hall–Kier alpha value is -1.37. The number of benzene rings is 1. The molecule has 2 N–H and O–H groups in total. The highest BCUT2D eigenvalue weighted by molar-refractivity contribution is 5.37. The van der Waals surface area contributed by atoms with Crippen LogP contribution >= 0.6 is 0 Å². The van der Waals surface area contributed by atoms with Crippen LogP contribution in [0.15, 0.2) is 24.3 Å². The third-order valence-corrected chi connectivity index (χ3v) is 2.05. The third kappa shape index (κ3) is 2.84. The molecule has 0 fully saturated rings. The second-order valence-corrected chi connectivity index (χ2v) is 3.23. The van der Waals surface area contributed by atoms with Crippen molar-refractivity contribution in [3.63, 3.8) is 0 Å². The largest absolute Gasteiger partial charge is 0.395 e. The minimum atomic E-state index is 0.0572. The van der Waals surface area contributed by atoms with Crippen LogP contribution in [0.4, 0.5) is 0 Å². The second kappa shape index (κ2) is 5.38. The van der Waals surface area contributed by atoms with Crippen LogP contribution in [0.2, 0.25) is 0 Å². The van der Waals surface area contributed by atoms with Crippen LogP contribution in [0, 0.1) is 11.3 Å². The number of nitrogens with one attached hydrogen (secondary N) is 1. The molecule has 0 aromatic heterocycles. The lowest BCUT2D eigenvalue weighted by molar-refractivity contribution is 0.251. The summed E-state index contributed by atoms with van der Waals surface area (Å²) in [5.74, 6) is 0. The van der Waals surface area contributed by atoms with E-state index in [9.17, 15) is 0 Å². The molecule has 3 nitrogen and oxygen atoms in total. The molecule has 0 unspecified atom stereocenters. The highest BCUT2D eigenvalue weighted by atomic mass is 16.3. The molecule has 0 radical (unpaired) electrons. The quantitative estimate of drug-likeness (QED) is 0.745. The Kier molecular flexibility index (Phi) is 4.11. The summed E-state index contributed by atoms with van der Waals surface area (Å²) in [6.45, 7) is 2.62. The van der Waals surface area contributed by atoms with Crippen molar-refractivity contribution < 1.29 is 5.11 Å². The van der Waals surface area contributed by atoms with E-state index >= 15 is 0 Å². The van der Waals surface area contributed by atoms with Crippen LogP contribution in [0.25, 0.3) is 0 Å². The van der Waals surface area contributed by atoms with E-state index in [1.54, 1.807) is 6.07 Å². The van der Waals surface area contributed by atoms with E-state index < -0.39 is 0 Å². The molecule has 3 heteroatoms. The number of hydrogen-bond donors (Lipinski definition) is 2. The smallest absolute Gasteiger partial charge is 0.0995 e. The van der Waals surface area contributed by atoms with Crippen LogP contribution in [0.3, 0.4) is 0 Å². The summed E-state index contributed by atoms with van der Waals surface area (Å²) in [5, 5.41) is 20.7. The molecular formula is C11H14N2O. The molecule has 74 valence electrons. The molecule has 0 aliphatic heterocycles. The van der Waals surface area contributed by atoms with Gasteiger partial charge in [0.05, 0.1) is 18.2 Å². The van der Waals surface area contributed by atoms with Gasteiger partial charge in [0.1, 0.15) is 0 Å².